The third kappa shape index (κ3) is 5.69. The maximum Gasteiger partial charge on any atom is 0.270 e. The molecule has 3 rings (SSSR count). The first kappa shape index (κ1) is 23.4. The number of nitro benzene ring substituents is 1. The highest BCUT2D eigenvalue weighted by atomic mass is 35.5. The number of carbonyl (C=O) groups excluding carboxylic acids is 3. The lowest BCUT2D eigenvalue weighted by atomic mass is 10.2. The van der Waals surface area contributed by atoms with E-state index in [4.69, 9.17) is 23.8 Å². The van der Waals surface area contributed by atoms with Gasteiger partial charge in [-0.15, -0.1) is 0 Å². The summed E-state index contributed by atoms with van der Waals surface area (Å²) in [6.07, 6.45) is 1.52. The Morgan fingerprint density at radius 3 is 2.66 bits per heavy atom. The average molecular weight is 491 g/mol. The molecule has 0 saturated carbocycles. The summed E-state index contributed by atoms with van der Waals surface area (Å²) in [6, 6.07) is 12.1. The number of hydrogen-bond acceptors (Lipinski definition) is 7. The second-order valence-electron chi connectivity index (χ2n) is 6.41. The molecule has 2 N–H and O–H groups in total. The van der Waals surface area contributed by atoms with E-state index in [9.17, 15) is 24.5 Å². The first-order valence-electron chi connectivity index (χ1n) is 9.10. The van der Waals surface area contributed by atoms with E-state index in [2.05, 4.69) is 10.9 Å². The Hall–Kier alpha value is -3.28. The predicted octanol–water partition coefficient (Wildman–Crippen LogP) is 3.30. The van der Waals surface area contributed by atoms with Gasteiger partial charge in [-0.1, -0.05) is 59.8 Å². The summed E-state index contributed by atoms with van der Waals surface area (Å²) < 4.78 is 0.307. The molecule has 0 aliphatic carbocycles. The van der Waals surface area contributed by atoms with Crippen LogP contribution in [0.1, 0.15) is 22.3 Å². The highest BCUT2D eigenvalue weighted by molar-refractivity contribution is 8.26. The van der Waals surface area contributed by atoms with Gasteiger partial charge < -0.3 is 0 Å². The van der Waals surface area contributed by atoms with Crippen LogP contribution in [0.15, 0.2) is 53.4 Å². The van der Waals surface area contributed by atoms with Gasteiger partial charge in [-0.3, -0.25) is 40.2 Å². The Balaban J connectivity index is 1.53. The molecule has 1 aliphatic rings. The summed E-state index contributed by atoms with van der Waals surface area (Å²) in [5, 5.41) is 11.3. The van der Waals surface area contributed by atoms with Crippen molar-refractivity contribution >= 4 is 69.4 Å². The molecule has 1 fully saturated rings. The first-order valence-corrected chi connectivity index (χ1v) is 10.7. The van der Waals surface area contributed by atoms with Crippen LogP contribution >= 0.6 is 35.6 Å². The van der Waals surface area contributed by atoms with Gasteiger partial charge >= 0.3 is 0 Å². The second-order valence-corrected chi connectivity index (χ2v) is 8.50. The zero-order valence-corrected chi connectivity index (χ0v) is 18.6. The zero-order chi connectivity index (χ0) is 23.3. The van der Waals surface area contributed by atoms with Crippen molar-refractivity contribution in [3.05, 3.63) is 79.7 Å². The number of rotatable bonds is 6. The van der Waals surface area contributed by atoms with Gasteiger partial charge in [-0.05, 0) is 23.8 Å². The van der Waals surface area contributed by atoms with E-state index in [1.165, 1.54) is 23.1 Å². The number of nitrogens with zero attached hydrogens (tertiary/aromatic N) is 2. The van der Waals surface area contributed by atoms with Gasteiger partial charge in [0, 0.05) is 35.7 Å². The molecule has 164 valence electrons. The van der Waals surface area contributed by atoms with Gasteiger partial charge in [0.2, 0.25) is 5.91 Å². The fourth-order valence-corrected chi connectivity index (χ4v) is 4.15. The van der Waals surface area contributed by atoms with Gasteiger partial charge in [0.05, 0.1) is 9.83 Å². The normalized spacial score (nSPS) is 14.5. The van der Waals surface area contributed by atoms with Crippen molar-refractivity contribution in [1.82, 2.24) is 15.8 Å². The van der Waals surface area contributed by atoms with E-state index >= 15 is 0 Å². The van der Waals surface area contributed by atoms with Crippen LogP contribution in [0.25, 0.3) is 6.08 Å². The van der Waals surface area contributed by atoms with Gasteiger partial charge in [-0.25, -0.2) is 0 Å². The van der Waals surface area contributed by atoms with Crippen LogP contribution in [0, 0.1) is 10.1 Å². The minimum Gasteiger partial charge on any atom is -0.292 e. The molecule has 12 heteroatoms. The Kier molecular flexibility index (Phi) is 7.57. The van der Waals surface area contributed by atoms with Gasteiger partial charge in [0.1, 0.15) is 4.32 Å². The topological polar surface area (TPSA) is 122 Å². The lowest BCUT2D eigenvalue weighted by Crippen LogP contribution is -2.43. The summed E-state index contributed by atoms with van der Waals surface area (Å²) in [5.74, 6) is -1.61. The quantitative estimate of drug-likeness (QED) is 0.276. The summed E-state index contributed by atoms with van der Waals surface area (Å²) in [4.78, 5) is 48.7. The number of benzene rings is 2. The molecule has 0 atom stereocenters. The van der Waals surface area contributed by atoms with E-state index < -0.39 is 16.7 Å². The number of halogens is 1. The third-order valence-electron chi connectivity index (χ3n) is 4.26. The molecule has 32 heavy (non-hydrogen) atoms. The molecule has 2 aromatic rings. The van der Waals surface area contributed by atoms with Crippen molar-refractivity contribution in [2.24, 2.45) is 0 Å². The Morgan fingerprint density at radius 1 is 1.19 bits per heavy atom. The van der Waals surface area contributed by atoms with E-state index in [0.29, 0.717) is 19.8 Å². The van der Waals surface area contributed by atoms with Gasteiger partial charge in [0.15, 0.2) is 0 Å². The molecule has 1 saturated heterocycles. The molecule has 2 aromatic carbocycles. The van der Waals surface area contributed by atoms with Crippen LogP contribution in [-0.4, -0.2) is 38.4 Å². The standard InChI is InChI=1S/C20H15ClN4O5S2/c21-15-7-2-1-4-12(15)11-16-19(28)24(20(31)32-16)9-8-17(26)22-23-18(27)13-5-3-6-14(10-13)25(29)30/h1-7,10-11H,8-9H2,(H,22,26)(H,23,27)/b16-11+. The molecule has 0 bridgehead atoms. The maximum atomic E-state index is 12.6. The molecular formula is C20H15ClN4O5S2. The summed E-state index contributed by atoms with van der Waals surface area (Å²) in [7, 11) is 0. The number of thioether (sulfide) groups is 1. The summed E-state index contributed by atoms with van der Waals surface area (Å²) in [6.45, 7) is 0.0169. The number of non-ortho nitro benzene ring substituents is 1. The number of thiocarbonyl (C=S) groups is 1. The maximum absolute atomic E-state index is 12.6. The van der Waals surface area contributed by atoms with E-state index in [0.717, 1.165) is 17.8 Å². The minimum atomic E-state index is -0.713. The highest BCUT2D eigenvalue weighted by Crippen LogP contribution is 2.33. The van der Waals surface area contributed by atoms with Crippen LogP contribution < -0.4 is 10.9 Å². The van der Waals surface area contributed by atoms with Gasteiger partial charge in [-0.2, -0.15) is 0 Å². The largest absolute Gasteiger partial charge is 0.292 e. The third-order valence-corrected chi connectivity index (χ3v) is 5.98. The number of nitro groups is 1. The van der Waals surface area contributed by atoms with Crippen LogP contribution in [0.2, 0.25) is 5.02 Å². The Morgan fingerprint density at radius 2 is 1.94 bits per heavy atom. The molecular weight excluding hydrogens is 476 g/mol. The number of nitrogens with one attached hydrogen (secondary N) is 2. The zero-order valence-electron chi connectivity index (χ0n) is 16.2. The Bertz CT molecular complexity index is 1150. The fraction of sp³-hybridized carbons (Fsp3) is 0.100. The number of carbonyl (C=O) groups is 3. The number of hydrogen-bond donors (Lipinski definition) is 2. The van der Waals surface area contributed by atoms with Crippen molar-refractivity contribution < 1.29 is 19.3 Å². The van der Waals surface area contributed by atoms with E-state index in [-0.39, 0.29) is 30.1 Å². The molecule has 0 unspecified atom stereocenters. The lowest BCUT2D eigenvalue weighted by Gasteiger charge is -2.14. The van der Waals surface area contributed by atoms with Crippen molar-refractivity contribution in [1.29, 1.82) is 0 Å². The second kappa shape index (κ2) is 10.4. The van der Waals surface area contributed by atoms with E-state index in [1.807, 2.05) is 0 Å². The molecule has 1 heterocycles. The molecule has 3 amide bonds. The summed E-state index contributed by atoms with van der Waals surface area (Å²) >= 11 is 12.5. The molecule has 0 spiro atoms. The molecule has 0 radical (unpaired) electrons. The van der Waals surface area contributed by atoms with Crippen LogP contribution in [-0.2, 0) is 9.59 Å². The van der Waals surface area contributed by atoms with Crippen LogP contribution in [0.5, 0.6) is 0 Å². The first-order chi connectivity index (χ1) is 15.3. The van der Waals surface area contributed by atoms with Crippen molar-refractivity contribution in [3.8, 4) is 0 Å². The van der Waals surface area contributed by atoms with Crippen molar-refractivity contribution in [2.45, 2.75) is 6.42 Å². The highest BCUT2D eigenvalue weighted by Gasteiger charge is 2.32. The smallest absolute Gasteiger partial charge is 0.270 e. The minimum absolute atomic E-state index is 0.0150. The van der Waals surface area contributed by atoms with Crippen LogP contribution in [0.4, 0.5) is 5.69 Å². The van der Waals surface area contributed by atoms with Crippen LogP contribution in [0.3, 0.4) is 0 Å². The van der Waals surface area contributed by atoms with Crippen molar-refractivity contribution in [3.63, 3.8) is 0 Å². The SMILES string of the molecule is O=C(CCN1C(=O)/C(=C\c2ccccc2Cl)SC1=S)NNC(=O)c1cccc([N+](=O)[O-])c1. The monoisotopic (exact) mass is 490 g/mol. The molecule has 0 aromatic heterocycles. The van der Waals surface area contributed by atoms with Gasteiger partial charge in [0.25, 0.3) is 17.5 Å². The number of amides is 3. The fourth-order valence-electron chi connectivity index (χ4n) is 2.66. The Labute approximate surface area is 196 Å². The molecule has 9 nitrogen and oxygen atoms in total. The van der Waals surface area contributed by atoms with E-state index in [1.54, 1.807) is 30.3 Å². The van der Waals surface area contributed by atoms with Crippen molar-refractivity contribution in [2.75, 3.05) is 6.54 Å². The predicted molar refractivity (Wildman–Crippen MR) is 125 cm³/mol. The average Bonchev–Trinajstić information content (AvgIpc) is 3.04. The number of hydrazine groups is 1. The lowest BCUT2D eigenvalue weighted by molar-refractivity contribution is -0.384. The molecule has 1 aliphatic heterocycles. The summed E-state index contributed by atoms with van der Waals surface area (Å²) in [5.41, 5.74) is 4.84.